The van der Waals surface area contributed by atoms with Crippen LogP contribution in [-0.4, -0.2) is 23.8 Å². The number of carbonyl (C=O) groups is 2. The highest BCUT2D eigenvalue weighted by Gasteiger charge is 2.20. The first-order valence-corrected chi connectivity index (χ1v) is 10.3. The monoisotopic (exact) mass is 439 g/mol. The molecule has 0 saturated carbocycles. The van der Waals surface area contributed by atoms with Crippen LogP contribution in [0.5, 0.6) is 5.75 Å². The number of esters is 1. The van der Waals surface area contributed by atoms with Crippen LogP contribution in [0.4, 0.5) is 0 Å². The first-order valence-electron chi connectivity index (χ1n) is 10.3. The molecule has 0 aliphatic rings. The summed E-state index contributed by atoms with van der Waals surface area (Å²) in [6.45, 7) is 1.85. The van der Waals surface area contributed by atoms with E-state index in [1.165, 1.54) is 7.11 Å². The molecule has 0 saturated heterocycles. The lowest BCUT2D eigenvalue weighted by atomic mass is 10.00. The van der Waals surface area contributed by atoms with Crippen molar-refractivity contribution in [2.45, 2.75) is 6.92 Å². The lowest BCUT2D eigenvalue weighted by molar-refractivity contribution is 0.0600. The van der Waals surface area contributed by atoms with Crippen molar-refractivity contribution in [1.29, 1.82) is 0 Å². The van der Waals surface area contributed by atoms with Crippen molar-refractivity contribution in [2.75, 3.05) is 7.11 Å². The molecule has 0 N–H and O–H groups in total. The second-order valence-corrected chi connectivity index (χ2v) is 7.10. The van der Waals surface area contributed by atoms with Crippen molar-refractivity contribution >= 4 is 34.5 Å². The van der Waals surface area contributed by atoms with Crippen LogP contribution < -0.4 is 4.74 Å². The number of hydrogen-bond acceptors (Lipinski definition) is 6. The van der Waals surface area contributed by atoms with Gasteiger partial charge in [0.15, 0.2) is 11.4 Å². The number of rotatable bonds is 7. The van der Waals surface area contributed by atoms with Crippen molar-refractivity contribution in [3.8, 4) is 5.75 Å². The molecule has 0 atom stereocenters. The molecule has 4 aromatic rings. The zero-order chi connectivity index (χ0) is 23.2. The van der Waals surface area contributed by atoms with Crippen LogP contribution >= 0.6 is 0 Å². The number of oxazole rings is 1. The summed E-state index contributed by atoms with van der Waals surface area (Å²) in [5.74, 6) is 0.153. The SMILES string of the molecule is C/C=C/Oc1ccc(C(=O)/C(=C\c2ccc(C(=O)OC)cc2)c2nc3ccccc3o2)cc1. The van der Waals surface area contributed by atoms with E-state index in [0.717, 1.165) is 0 Å². The van der Waals surface area contributed by atoms with Gasteiger partial charge in [0.2, 0.25) is 5.89 Å². The molecule has 1 aromatic heterocycles. The van der Waals surface area contributed by atoms with E-state index in [2.05, 4.69) is 4.98 Å². The fourth-order valence-electron chi connectivity index (χ4n) is 3.20. The van der Waals surface area contributed by atoms with Crippen LogP contribution in [0, 0.1) is 0 Å². The van der Waals surface area contributed by atoms with Gasteiger partial charge in [-0.2, -0.15) is 0 Å². The zero-order valence-corrected chi connectivity index (χ0v) is 18.1. The number of aromatic nitrogens is 1. The second-order valence-electron chi connectivity index (χ2n) is 7.10. The lowest BCUT2D eigenvalue weighted by Crippen LogP contribution is -2.04. The number of allylic oxidation sites excluding steroid dienone is 2. The number of para-hydroxylation sites is 2. The molecule has 33 heavy (non-hydrogen) atoms. The molecule has 1 heterocycles. The summed E-state index contributed by atoms with van der Waals surface area (Å²) >= 11 is 0. The minimum absolute atomic E-state index is 0.215. The maximum Gasteiger partial charge on any atom is 0.337 e. The van der Waals surface area contributed by atoms with Gasteiger partial charge in [0.1, 0.15) is 11.3 Å². The Labute approximate surface area is 190 Å². The standard InChI is InChI=1S/C27H21NO5/c1-3-16-32-21-14-12-19(13-15-21)25(29)22(26-28-23-6-4-5-7-24(23)33-26)17-18-8-10-20(11-9-18)27(30)31-2/h3-17H,1-2H3/b16-3+,22-17+. The van der Waals surface area contributed by atoms with E-state index in [4.69, 9.17) is 13.9 Å². The first kappa shape index (κ1) is 21.8. The van der Waals surface area contributed by atoms with Gasteiger partial charge < -0.3 is 13.9 Å². The van der Waals surface area contributed by atoms with Gasteiger partial charge in [-0.15, -0.1) is 0 Å². The Hall–Kier alpha value is -4.45. The summed E-state index contributed by atoms with van der Waals surface area (Å²) in [4.78, 5) is 29.7. The molecule has 0 aliphatic carbocycles. The molecule has 6 nitrogen and oxygen atoms in total. The van der Waals surface area contributed by atoms with E-state index in [0.29, 0.717) is 39.1 Å². The quantitative estimate of drug-likeness (QED) is 0.153. The Bertz CT molecular complexity index is 1310. The highest BCUT2D eigenvalue weighted by Crippen LogP contribution is 2.27. The van der Waals surface area contributed by atoms with Gasteiger partial charge in [0, 0.05) is 5.56 Å². The average Bonchev–Trinajstić information content (AvgIpc) is 3.30. The minimum Gasteiger partial charge on any atom is -0.465 e. The lowest BCUT2D eigenvalue weighted by Gasteiger charge is -2.06. The number of nitrogens with zero attached hydrogens (tertiary/aromatic N) is 1. The largest absolute Gasteiger partial charge is 0.465 e. The van der Waals surface area contributed by atoms with E-state index in [1.54, 1.807) is 73.0 Å². The molecular weight excluding hydrogens is 418 g/mol. The molecule has 0 radical (unpaired) electrons. The molecular formula is C27H21NO5. The Morgan fingerprint density at radius 2 is 1.61 bits per heavy atom. The normalized spacial score (nSPS) is 11.6. The average molecular weight is 439 g/mol. The second kappa shape index (κ2) is 9.78. The third-order valence-electron chi connectivity index (χ3n) is 4.87. The van der Waals surface area contributed by atoms with Gasteiger partial charge in [-0.1, -0.05) is 30.3 Å². The molecule has 0 amide bonds. The predicted molar refractivity (Wildman–Crippen MR) is 126 cm³/mol. The molecule has 6 heteroatoms. The molecule has 0 bridgehead atoms. The summed E-state index contributed by atoms with van der Waals surface area (Å²) in [6, 6.07) is 20.9. The number of fused-ring (bicyclic) bond motifs is 1. The van der Waals surface area contributed by atoms with E-state index < -0.39 is 5.97 Å². The Morgan fingerprint density at radius 1 is 0.909 bits per heavy atom. The fourth-order valence-corrected chi connectivity index (χ4v) is 3.20. The number of Topliss-reactive ketones (excluding diaryl/α,β-unsaturated/α-hetero) is 1. The van der Waals surface area contributed by atoms with E-state index in [9.17, 15) is 9.59 Å². The number of methoxy groups -OCH3 is 1. The molecule has 164 valence electrons. The maximum atomic E-state index is 13.5. The van der Waals surface area contributed by atoms with Gasteiger partial charge in [-0.05, 0) is 67.1 Å². The summed E-state index contributed by atoms with van der Waals surface area (Å²) in [6.07, 6.45) is 5.04. The Morgan fingerprint density at radius 3 is 2.27 bits per heavy atom. The number of ether oxygens (including phenoxy) is 2. The highest BCUT2D eigenvalue weighted by atomic mass is 16.5. The van der Waals surface area contributed by atoms with Crippen molar-refractivity contribution in [1.82, 2.24) is 4.98 Å². The number of ketones is 1. The van der Waals surface area contributed by atoms with Gasteiger partial charge >= 0.3 is 5.97 Å². The van der Waals surface area contributed by atoms with Crippen LogP contribution in [0.2, 0.25) is 0 Å². The molecule has 0 unspecified atom stereocenters. The first-order chi connectivity index (χ1) is 16.1. The van der Waals surface area contributed by atoms with Crippen LogP contribution in [0.25, 0.3) is 22.7 Å². The Balaban J connectivity index is 1.74. The van der Waals surface area contributed by atoms with Crippen molar-refractivity contribution in [3.05, 3.63) is 108 Å². The maximum absolute atomic E-state index is 13.5. The highest BCUT2D eigenvalue weighted by molar-refractivity contribution is 6.31. The number of benzene rings is 3. The summed E-state index contributed by atoms with van der Waals surface area (Å²) < 4.78 is 16.1. The van der Waals surface area contributed by atoms with Crippen LogP contribution in [0.1, 0.15) is 39.1 Å². The topological polar surface area (TPSA) is 78.6 Å². The van der Waals surface area contributed by atoms with Crippen LogP contribution in [0.15, 0.2) is 89.6 Å². The van der Waals surface area contributed by atoms with Gasteiger partial charge in [0.05, 0.1) is 24.5 Å². The summed E-state index contributed by atoms with van der Waals surface area (Å²) in [5.41, 5.74) is 3.12. The third kappa shape index (κ3) is 4.91. The molecule has 0 spiro atoms. The minimum atomic E-state index is -0.430. The van der Waals surface area contributed by atoms with Gasteiger partial charge in [-0.3, -0.25) is 4.79 Å². The fraction of sp³-hybridized carbons (Fsp3) is 0.0741. The van der Waals surface area contributed by atoms with Crippen molar-refractivity contribution in [2.24, 2.45) is 0 Å². The molecule has 3 aromatic carbocycles. The summed E-state index contributed by atoms with van der Waals surface area (Å²) in [7, 11) is 1.33. The van der Waals surface area contributed by atoms with Gasteiger partial charge in [0.25, 0.3) is 0 Å². The van der Waals surface area contributed by atoms with E-state index in [-0.39, 0.29) is 11.7 Å². The van der Waals surface area contributed by atoms with Crippen LogP contribution in [0.3, 0.4) is 0 Å². The van der Waals surface area contributed by atoms with Crippen LogP contribution in [-0.2, 0) is 4.74 Å². The van der Waals surface area contributed by atoms with E-state index in [1.807, 2.05) is 25.1 Å². The van der Waals surface area contributed by atoms with E-state index >= 15 is 0 Å². The zero-order valence-electron chi connectivity index (χ0n) is 18.1. The third-order valence-corrected chi connectivity index (χ3v) is 4.87. The smallest absolute Gasteiger partial charge is 0.337 e. The number of hydrogen-bond donors (Lipinski definition) is 0. The molecule has 0 fully saturated rings. The number of carbonyl (C=O) groups excluding carboxylic acids is 2. The van der Waals surface area contributed by atoms with Gasteiger partial charge in [-0.25, -0.2) is 9.78 Å². The van der Waals surface area contributed by atoms with Crippen molar-refractivity contribution < 1.29 is 23.5 Å². The predicted octanol–water partition coefficient (Wildman–Crippen LogP) is 5.95. The summed E-state index contributed by atoms with van der Waals surface area (Å²) in [5, 5.41) is 0. The Kier molecular flexibility index (Phi) is 6.45. The molecule has 0 aliphatic heterocycles. The van der Waals surface area contributed by atoms with Crippen molar-refractivity contribution in [3.63, 3.8) is 0 Å². The molecule has 4 rings (SSSR count).